The molecule has 2 rings (SSSR count). The van der Waals surface area contributed by atoms with Crippen molar-refractivity contribution in [2.45, 2.75) is 17.3 Å². The van der Waals surface area contributed by atoms with Crippen molar-refractivity contribution in [2.75, 3.05) is 18.2 Å². The molecule has 1 aromatic carbocycles. The number of benzene rings is 1. The van der Waals surface area contributed by atoms with E-state index in [1.54, 1.807) is 37.7 Å². The number of hydrogen-bond donors (Lipinski definition) is 3. The number of anilines is 2. The van der Waals surface area contributed by atoms with Gasteiger partial charge in [0.15, 0.2) is 5.16 Å². The van der Waals surface area contributed by atoms with E-state index in [2.05, 4.69) is 15.3 Å². The van der Waals surface area contributed by atoms with Crippen molar-refractivity contribution >= 4 is 29.0 Å². The summed E-state index contributed by atoms with van der Waals surface area (Å²) in [6.07, 6.45) is 3.36. The molecule has 0 aliphatic heterocycles. The largest absolute Gasteiger partial charge is 0.497 e. The van der Waals surface area contributed by atoms with Gasteiger partial charge in [-0.2, -0.15) is 0 Å². The number of amides is 1. The van der Waals surface area contributed by atoms with Crippen LogP contribution in [0.1, 0.15) is 6.92 Å². The minimum Gasteiger partial charge on any atom is -0.497 e. The average Bonchev–Trinajstić information content (AvgIpc) is 2.93. The third-order valence-corrected chi connectivity index (χ3v) is 3.66. The zero-order valence-corrected chi connectivity index (χ0v) is 12.0. The van der Waals surface area contributed by atoms with Crippen LogP contribution in [0.25, 0.3) is 0 Å². The van der Waals surface area contributed by atoms with Gasteiger partial charge in [0.25, 0.3) is 0 Å². The molecule has 4 N–H and O–H groups in total. The normalized spacial score (nSPS) is 11.9. The smallest absolute Gasteiger partial charge is 0.237 e. The van der Waals surface area contributed by atoms with Gasteiger partial charge in [-0.05, 0) is 19.1 Å². The van der Waals surface area contributed by atoms with Gasteiger partial charge in [0.05, 0.1) is 23.7 Å². The van der Waals surface area contributed by atoms with Crippen LogP contribution < -0.4 is 15.8 Å². The molecule has 2 aromatic rings. The SMILES string of the molecule is COc1ccc(NC(=O)C(C)Sc2ncc[nH]2)c(N)c1. The van der Waals surface area contributed by atoms with Crippen molar-refractivity contribution in [3.8, 4) is 5.75 Å². The van der Waals surface area contributed by atoms with Crippen LogP contribution in [0.3, 0.4) is 0 Å². The number of hydrogen-bond acceptors (Lipinski definition) is 5. The van der Waals surface area contributed by atoms with E-state index in [1.807, 2.05) is 6.92 Å². The molecular formula is C13H16N4O2S. The highest BCUT2D eigenvalue weighted by Crippen LogP contribution is 2.26. The lowest BCUT2D eigenvalue weighted by Gasteiger charge is -2.13. The van der Waals surface area contributed by atoms with Crippen molar-refractivity contribution < 1.29 is 9.53 Å². The molecule has 6 nitrogen and oxygen atoms in total. The summed E-state index contributed by atoms with van der Waals surface area (Å²) in [6.45, 7) is 1.81. The second kappa shape index (κ2) is 6.33. The molecule has 0 saturated heterocycles. The zero-order chi connectivity index (χ0) is 14.5. The van der Waals surface area contributed by atoms with Gasteiger partial charge in [-0.25, -0.2) is 4.98 Å². The Morgan fingerprint density at radius 3 is 2.95 bits per heavy atom. The average molecular weight is 292 g/mol. The quantitative estimate of drug-likeness (QED) is 0.580. The zero-order valence-electron chi connectivity index (χ0n) is 11.2. The number of aromatic amines is 1. The lowest BCUT2D eigenvalue weighted by Crippen LogP contribution is -2.23. The maximum atomic E-state index is 12.1. The first-order valence-corrected chi connectivity index (χ1v) is 6.88. The fourth-order valence-electron chi connectivity index (χ4n) is 1.55. The summed E-state index contributed by atoms with van der Waals surface area (Å²) in [4.78, 5) is 19.1. The molecule has 0 aliphatic rings. The Kier molecular flexibility index (Phi) is 4.52. The molecule has 7 heteroatoms. The second-order valence-electron chi connectivity index (χ2n) is 4.10. The Morgan fingerprint density at radius 2 is 2.35 bits per heavy atom. The van der Waals surface area contributed by atoms with Crippen molar-refractivity contribution in [3.05, 3.63) is 30.6 Å². The van der Waals surface area contributed by atoms with Gasteiger partial charge in [0.2, 0.25) is 5.91 Å². The predicted molar refractivity (Wildman–Crippen MR) is 79.9 cm³/mol. The summed E-state index contributed by atoms with van der Waals surface area (Å²) < 4.78 is 5.06. The summed E-state index contributed by atoms with van der Waals surface area (Å²) in [7, 11) is 1.56. The molecule has 1 atom stereocenters. The summed E-state index contributed by atoms with van der Waals surface area (Å²) in [5, 5.41) is 3.21. The van der Waals surface area contributed by atoms with Crippen molar-refractivity contribution in [2.24, 2.45) is 0 Å². The van der Waals surface area contributed by atoms with E-state index >= 15 is 0 Å². The van der Waals surface area contributed by atoms with Gasteiger partial charge >= 0.3 is 0 Å². The number of nitrogens with two attached hydrogens (primary N) is 1. The van der Waals surface area contributed by atoms with Crippen LogP contribution in [-0.2, 0) is 4.79 Å². The molecule has 0 radical (unpaired) electrons. The molecule has 20 heavy (non-hydrogen) atoms. The van der Waals surface area contributed by atoms with E-state index in [9.17, 15) is 4.79 Å². The van der Waals surface area contributed by atoms with Crippen LogP contribution in [0.15, 0.2) is 35.7 Å². The highest BCUT2D eigenvalue weighted by molar-refractivity contribution is 8.00. The molecule has 0 bridgehead atoms. The number of nitrogen functional groups attached to an aromatic ring is 1. The summed E-state index contributed by atoms with van der Waals surface area (Å²) in [6, 6.07) is 5.13. The highest BCUT2D eigenvalue weighted by atomic mass is 32.2. The number of carbonyl (C=O) groups is 1. The Labute approximate surface area is 121 Å². The van der Waals surface area contributed by atoms with E-state index in [1.165, 1.54) is 11.8 Å². The number of thioether (sulfide) groups is 1. The summed E-state index contributed by atoms with van der Waals surface area (Å²) in [5.74, 6) is 0.516. The van der Waals surface area contributed by atoms with Gasteiger partial charge in [0, 0.05) is 18.5 Å². The number of imidazole rings is 1. The lowest BCUT2D eigenvalue weighted by atomic mass is 10.2. The molecule has 1 amide bonds. The van der Waals surface area contributed by atoms with Crippen molar-refractivity contribution in [3.63, 3.8) is 0 Å². The van der Waals surface area contributed by atoms with Crippen LogP contribution in [0.5, 0.6) is 5.75 Å². The molecule has 1 aromatic heterocycles. The highest BCUT2D eigenvalue weighted by Gasteiger charge is 2.16. The first-order valence-electron chi connectivity index (χ1n) is 6.00. The van der Waals surface area contributed by atoms with Gasteiger partial charge in [-0.15, -0.1) is 0 Å². The fraction of sp³-hybridized carbons (Fsp3) is 0.231. The van der Waals surface area contributed by atoms with Gasteiger partial charge in [0.1, 0.15) is 5.75 Å². The summed E-state index contributed by atoms with van der Waals surface area (Å²) >= 11 is 1.35. The van der Waals surface area contributed by atoms with Gasteiger partial charge in [-0.1, -0.05) is 11.8 Å². The molecule has 0 saturated carbocycles. The Bertz CT molecular complexity index is 586. The first kappa shape index (κ1) is 14.3. The van der Waals surface area contributed by atoms with E-state index in [-0.39, 0.29) is 11.2 Å². The number of methoxy groups -OCH3 is 1. The monoisotopic (exact) mass is 292 g/mol. The number of nitrogens with one attached hydrogen (secondary N) is 2. The van der Waals surface area contributed by atoms with E-state index < -0.39 is 0 Å². The topological polar surface area (TPSA) is 93.0 Å². The van der Waals surface area contributed by atoms with Crippen LogP contribution >= 0.6 is 11.8 Å². The number of carbonyl (C=O) groups excluding carboxylic acids is 1. The third kappa shape index (κ3) is 3.45. The van der Waals surface area contributed by atoms with E-state index in [4.69, 9.17) is 10.5 Å². The van der Waals surface area contributed by atoms with Crippen LogP contribution in [0.4, 0.5) is 11.4 Å². The standard InChI is InChI=1S/C13H16N4O2S/c1-8(20-13-15-5-6-16-13)12(18)17-11-4-3-9(19-2)7-10(11)14/h3-8H,14H2,1-2H3,(H,15,16)(H,17,18). The Hall–Kier alpha value is -2.15. The molecule has 0 aliphatic carbocycles. The summed E-state index contributed by atoms with van der Waals surface area (Å²) in [5.41, 5.74) is 6.90. The maximum Gasteiger partial charge on any atom is 0.237 e. The number of nitrogens with zero attached hydrogens (tertiary/aromatic N) is 1. The maximum absolute atomic E-state index is 12.1. The molecular weight excluding hydrogens is 276 g/mol. The van der Waals surface area contributed by atoms with E-state index in [0.717, 1.165) is 0 Å². The van der Waals surface area contributed by atoms with Crippen molar-refractivity contribution in [1.82, 2.24) is 9.97 Å². The number of ether oxygens (including phenoxy) is 1. The third-order valence-electron chi connectivity index (χ3n) is 2.65. The van der Waals surface area contributed by atoms with Crippen LogP contribution in [-0.4, -0.2) is 28.2 Å². The van der Waals surface area contributed by atoms with Gasteiger partial charge < -0.3 is 20.8 Å². The van der Waals surface area contributed by atoms with Gasteiger partial charge in [-0.3, -0.25) is 4.79 Å². The fourth-order valence-corrected chi connectivity index (χ4v) is 2.31. The predicted octanol–water partition coefficient (Wildman–Crippen LogP) is 2.12. The molecule has 0 spiro atoms. The number of rotatable bonds is 5. The first-order chi connectivity index (χ1) is 9.60. The molecule has 106 valence electrons. The van der Waals surface area contributed by atoms with Crippen LogP contribution in [0.2, 0.25) is 0 Å². The number of aromatic nitrogens is 2. The van der Waals surface area contributed by atoms with E-state index in [0.29, 0.717) is 22.3 Å². The Balaban J connectivity index is 2.00. The van der Waals surface area contributed by atoms with Crippen LogP contribution in [0, 0.1) is 0 Å². The lowest BCUT2D eigenvalue weighted by molar-refractivity contribution is -0.115. The molecule has 0 fully saturated rings. The minimum atomic E-state index is -0.289. The van der Waals surface area contributed by atoms with Crippen molar-refractivity contribution in [1.29, 1.82) is 0 Å². The molecule has 1 unspecified atom stereocenters. The minimum absolute atomic E-state index is 0.136. The number of H-pyrrole nitrogens is 1. The second-order valence-corrected chi connectivity index (χ2v) is 5.43. The molecule has 1 heterocycles. The Morgan fingerprint density at radius 1 is 1.55 bits per heavy atom.